The van der Waals surface area contributed by atoms with E-state index in [1.54, 1.807) is 6.07 Å². The van der Waals surface area contributed by atoms with Crippen molar-refractivity contribution in [1.82, 2.24) is 0 Å². The van der Waals surface area contributed by atoms with Crippen molar-refractivity contribution in [3.8, 4) is 5.75 Å². The van der Waals surface area contributed by atoms with Crippen LogP contribution in [-0.4, -0.2) is 11.7 Å². The lowest BCUT2D eigenvalue weighted by molar-refractivity contribution is 0.425. The van der Waals surface area contributed by atoms with Crippen molar-refractivity contribution < 1.29 is 5.11 Å². The molecule has 1 atom stereocenters. The van der Waals surface area contributed by atoms with Crippen molar-refractivity contribution in [3.63, 3.8) is 0 Å². The van der Waals surface area contributed by atoms with Gasteiger partial charge in [0.2, 0.25) is 0 Å². The van der Waals surface area contributed by atoms with Gasteiger partial charge in [0.15, 0.2) is 0 Å². The normalized spacial score (nSPS) is 13.1. The van der Waals surface area contributed by atoms with Gasteiger partial charge in [-0.25, -0.2) is 0 Å². The summed E-state index contributed by atoms with van der Waals surface area (Å²) in [4.78, 5) is 0. The predicted octanol–water partition coefficient (Wildman–Crippen LogP) is 3.24. The standard InChI is InChI=1S/C12H18BrNO/c1-8(2)10(5-6-14)11-7-9(13)3-4-12(11)15/h3-4,7-8,10,15H,5-6,14H2,1-2H3. The van der Waals surface area contributed by atoms with Crippen LogP contribution in [0.1, 0.15) is 31.7 Å². The fraction of sp³-hybridized carbons (Fsp3) is 0.500. The lowest BCUT2D eigenvalue weighted by Gasteiger charge is -2.21. The predicted molar refractivity (Wildman–Crippen MR) is 67.1 cm³/mol. The van der Waals surface area contributed by atoms with E-state index in [0.29, 0.717) is 24.1 Å². The highest BCUT2D eigenvalue weighted by Crippen LogP contribution is 2.35. The van der Waals surface area contributed by atoms with Crippen LogP contribution in [0.3, 0.4) is 0 Å². The molecular formula is C12H18BrNO. The summed E-state index contributed by atoms with van der Waals surface area (Å²) < 4.78 is 0.998. The fourth-order valence-corrected chi connectivity index (χ4v) is 2.23. The molecule has 1 rings (SSSR count). The molecule has 0 amide bonds. The van der Waals surface area contributed by atoms with Crippen LogP contribution < -0.4 is 5.73 Å². The van der Waals surface area contributed by atoms with Gasteiger partial charge < -0.3 is 10.8 Å². The molecule has 0 bridgehead atoms. The first-order chi connectivity index (χ1) is 7.06. The average molecular weight is 272 g/mol. The van der Waals surface area contributed by atoms with Crippen molar-refractivity contribution in [1.29, 1.82) is 0 Å². The molecule has 0 heterocycles. The van der Waals surface area contributed by atoms with Crippen molar-refractivity contribution >= 4 is 15.9 Å². The van der Waals surface area contributed by atoms with Gasteiger partial charge in [0, 0.05) is 4.47 Å². The second-order valence-electron chi connectivity index (χ2n) is 4.13. The van der Waals surface area contributed by atoms with E-state index in [1.165, 1.54) is 0 Å². The van der Waals surface area contributed by atoms with Gasteiger partial charge in [-0.3, -0.25) is 0 Å². The third-order valence-electron chi connectivity index (χ3n) is 2.67. The molecule has 84 valence electrons. The molecule has 0 aliphatic carbocycles. The number of hydrogen-bond acceptors (Lipinski definition) is 2. The number of phenolic OH excluding ortho intramolecular Hbond substituents is 1. The molecule has 1 unspecified atom stereocenters. The maximum atomic E-state index is 9.82. The van der Waals surface area contributed by atoms with Gasteiger partial charge in [-0.05, 0) is 48.6 Å². The SMILES string of the molecule is CC(C)C(CCN)c1cc(Br)ccc1O. The van der Waals surface area contributed by atoms with Crippen LogP contribution in [0.15, 0.2) is 22.7 Å². The Hall–Kier alpha value is -0.540. The highest BCUT2D eigenvalue weighted by Gasteiger charge is 2.18. The van der Waals surface area contributed by atoms with Crippen LogP contribution in [0.25, 0.3) is 0 Å². The van der Waals surface area contributed by atoms with E-state index >= 15 is 0 Å². The zero-order chi connectivity index (χ0) is 11.4. The molecule has 1 aromatic rings. The molecule has 15 heavy (non-hydrogen) atoms. The fourth-order valence-electron chi connectivity index (χ4n) is 1.85. The first kappa shape index (κ1) is 12.5. The maximum Gasteiger partial charge on any atom is 0.119 e. The molecule has 0 spiro atoms. The molecule has 3 N–H and O–H groups in total. The van der Waals surface area contributed by atoms with Gasteiger partial charge in [-0.1, -0.05) is 29.8 Å². The van der Waals surface area contributed by atoms with Gasteiger partial charge in [-0.15, -0.1) is 0 Å². The summed E-state index contributed by atoms with van der Waals surface area (Å²) in [7, 11) is 0. The van der Waals surface area contributed by atoms with E-state index in [1.807, 2.05) is 12.1 Å². The Morgan fingerprint density at radius 3 is 2.60 bits per heavy atom. The molecule has 0 aliphatic heterocycles. The number of halogens is 1. The van der Waals surface area contributed by atoms with Crippen molar-refractivity contribution in [2.24, 2.45) is 11.7 Å². The Kier molecular flexibility index (Phi) is 4.61. The Bertz CT molecular complexity index is 325. The van der Waals surface area contributed by atoms with Crippen LogP contribution in [0.5, 0.6) is 5.75 Å². The van der Waals surface area contributed by atoms with Crippen molar-refractivity contribution in [2.75, 3.05) is 6.54 Å². The zero-order valence-corrected chi connectivity index (χ0v) is 10.8. The quantitative estimate of drug-likeness (QED) is 0.883. The first-order valence-corrected chi connectivity index (χ1v) is 6.04. The number of nitrogens with two attached hydrogens (primary N) is 1. The molecule has 0 saturated heterocycles. The Morgan fingerprint density at radius 1 is 1.40 bits per heavy atom. The minimum Gasteiger partial charge on any atom is -0.508 e. The number of phenols is 1. The van der Waals surface area contributed by atoms with E-state index in [-0.39, 0.29) is 0 Å². The molecule has 0 saturated carbocycles. The van der Waals surface area contributed by atoms with Gasteiger partial charge in [0.1, 0.15) is 5.75 Å². The van der Waals surface area contributed by atoms with Crippen LogP contribution in [0.2, 0.25) is 0 Å². The Balaban J connectivity index is 3.04. The first-order valence-electron chi connectivity index (χ1n) is 5.24. The third-order valence-corrected chi connectivity index (χ3v) is 3.16. The highest BCUT2D eigenvalue weighted by atomic mass is 79.9. The molecule has 0 fully saturated rings. The van der Waals surface area contributed by atoms with Crippen LogP contribution in [0, 0.1) is 5.92 Å². The summed E-state index contributed by atoms with van der Waals surface area (Å²) in [5.74, 6) is 1.17. The van der Waals surface area contributed by atoms with Gasteiger partial charge in [0.25, 0.3) is 0 Å². The summed E-state index contributed by atoms with van der Waals surface area (Å²) in [5.41, 5.74) is 6.59. The van der Waals surface area contributed by atoms with E-state index < -0.39 is 0 Å². The van der Waals surface area contributed by atoms with E-state index in [2.05, 4.69) is 29.8 Å². The highest BCUT2D eigenvalue weighted by molar-refractivity contribution is 9.10. The topological polar surface area (TPSA) is 46.2 Å². The summed E-state index contributed by atoms with van der Waals surface area (Å²) in [6.07, 6.45) is 0.904. The Labute approximate surface area is 99.6 Å². The lowest BCUT2D eigenvalue weighted by atomic mass is 9.85. The minimum atomic E-state index is 0.326. The Morgan fingerprint density at radius 2 is 2.07 bits per heavy atom. The number of rotatable bonds is 4. The molecule has 3 heteroatoms. The number of hydrogen-bond donors (Lipinski definition) is 2. The summed E-state index contributed by atoms with van der Waals surface area (Å²) in [5, 5.41) is 9.82. The minimum absolute atomic E-state index is 0.326. The van der Waals surface area contributed by atoms with Crippen molar-refractivity contribution in [3.05, 3.63) is 28.2 Å². The van der Waals surface area contributed by atoms with Gasteiger partial charge in [0.05, 0.1) is 0 Å². The number of aromatic hydroxyl groups is 1. The average Bonchev–Trinajstić information content (AvgIpc) is 2.18. The maximum absolute atomic E-state index is 9.82. The second kappa shape index (κ2) is 5.52. The largest absolute Gasteiger partial charge is 0.508 e. The van der Waals surface area contributed by atoms with E-state index in [9.17, 15) is 5.11 Å². The summed E-state index contributed by atoms with van der Waals surface area (Å²) in [6.45, 7) is 4.95. The summed E-state index contributed by atoms with van der Waals surface area (Å²) in [6, 6.07) is 5.56. The second-order valence-corrected chi connectivity index (χ2v) is 5.05. The van der Waals surface area contributed by atoms with E-state index in [4.69, 9.17) is 5.73 Å². The summed E-state index contributed by atoms with van der Waals surface area (Å²) >= 11 is 3.42. The molecule has 0 aromatic heterocycles. The van der Waals surface area contributed by atoms with Crippen LogP contribution >= 0.6 is 15.9 Å². The van der Waals surface area contributed by atoms with E-state index in [0.717, 1.165) is 16.5 Å². The van der Waals surface area contributed by atoms with Gasteiger partial charge >= 0.3 is 0 Å². The monoisotopic (exact) mass is 271 g/mol. The molecule has 2 nitrogen and oxygen atoms in total. The third kappa shape index (κ3) is 3.21. The molecule has 0 radical (unpaired) electrons. The van der Waals surface area contributed by atoms with Crippen LogP contribution in [0.4, 0.5) is 0 Å². The zero-order valence-electron chi connectivity index (χ0n) is 9.20. The molecular weight excluding hydrogens is 254 g/mol. The number of benzene rings is 1. The van der Waals surface area contributed by atoms with Crippen molar-refractivity contribution in [2.45, 2.75) is 26.2 Å². The van der Waals surface area contributed by atoms with Gasteiger partial charge in [-0.2, -0.15) is 0 Å². The lowest BCUT2D eigenvalue weighted by Crippen LogP contribution is -2.12. The molecule has 1 aromatic carbocycles. The smallest absolute Gasteiger partial charge is 0.119 e. The molecule has 0 aliphatic rings. The van der Waals surface area contributed by atoms with Crippen LogP contribution in [-0.2, 0) is 0 Å².